The van der Waals surface area contributed by atoms with Gasteiger partial charge in [-0.1, -0.05) is 11.2 Å². The predicted octanol–water partition coefficient (Wildman–Crippen LogP) is 3.43. The average molecular weight is 385 g/mol. The van der Waals surface area contributed by atoms with Gasteiger partial charge in [-0.2, -0.15) is 4.98 Å². The van der Waals surface area contributed by atoms with Gasteiger partial charge in [0.1, 0.15) is 11.5 Å². The van der Waals surface area contributed by atoms with Gasteiger partial charge in [0.25, 0.3) is 0 Å². The summed E-state index contributed by atoms with van der Waals surface area (Å²) < 4.78 is 26.7. The molecular formula is C20H23N3O5. The van der Waals surface area contributed by atoms with E-state index in [9.17, 15) is 0 Å². The topological polar surface area (TPSA) is 87.9 Å². The molecule has 8 nitrogen and oxygen atoms in total. The lowest BCUT2D eigenvalue weighted by molar-refractivity contribution is 0.355. The van der Waals surface area contributed by atoms with Crippen molar-refractivity contribution in [2.75, 3.05) is 40.3 Å². The van der Waals surface area contributed by atoms with Crippen LogP contribution in [-0.4, -0.2) is 45.1 Å². The second-order valence-corrected chi connectivity index (χ2v) is 5.82. The van der Waals surface area contributed by atoms with Crippen molar-refractivity contribution in [3.05, 3.63) is 42.0 Å². The molecule has 0 fully saturated rings. The zero-order valence-electron chi connectivity index (χ0n) is 16.3. The molecule has 0 saturated heterocycles. The SMILES string of the molecule is COc1ccc(OC)c(CCNc2nc(-c3cccc(OC)c3OC)no2)c1. The van der Waals surface area contributed by atoms with E-state index < -0.39 is 0 Å². The first-order chi connectivity index (χ1) is 13.7. The number of aromatic nitrogens is 2. The molecule has 0 spiro atoms. The average Bonchev–Trinajstić information content (AvgIpc) is 3.21. The van der Waals surface area contributed by atoms with E-state index >= 15 is 0 Å². The molecule has 0 atom stereocenters. The Morgan fingerprint density at radius 1 is 0.929 bits per heavy atom. The van der Waals surface area contributed by atoms with Crippen LogP contribution in [0.25, 0.3) is 11.4 Å². The van der Waals surface area contributed by atoms with E-state index in [-0.39, 0.29) is 0 Å². The van der Waals surface area contributed by atoms with Crippen LogP contribution < -0.4 is 24.3 Å². The van der Waals surface area contributed by atoms with Gasteiger partial charge < -0.3 is 28.8 Å². The molecule has 3 rings (SSSR count). The van der Waals surface area contributed by atoms with Crippen molar-refractivity contribution in [3.63, 3.8) is 0 Å². The first-order valence-electron chi connectivity index (χ1n) is 8.70. The van der Waals surface area contributed by atoms with Crippen molar-refractivity contribution in [1.82, 2.24) is 10.1 Å². The van der Waals surface area contributed by atoms with E-state index in [0.29, 0.717) is 41.9 Å². The van der Waals surface area contributed by atoms with Crippen molar-refractivity contribution >= 4 is 6.01 Å². The number of ether oxygens (including phenoxy) is 4. The van der Waals surface area contributed by atoms with Gasteiger partial charge >= 0.3 is 6.01 Å². The first kappa shape index (κ1) is 19.3. The fourth-order valence-corrected chi connectivity index (χ4v) is 2.85. The summed E-state index contributed by atoms with van der Waals surface area (Å²) in [6.45, 7) is 0.584. The van der Waals surface area contributed by atoms with Crippen LogP contribution in [0.3, 0.4) is 0 Å². The van der Waals surface area contributed by atoms with E-state index in [2.05, 4.69) is 15.5 Å². The Kier molecular flexibility index (Phi) is 6.21. The van der Waals surface area contributed by atoms with Crippen LogP contribution in [-0.2, 0) is 6.42 Å². The van der Waals surface area contributed by atoms with E-state index in [1.54, 1.807) is 28.4 Å². The maximum Gasteiger partial charge on any atom is 0.321 e. The van der Waals surface area contributed by atoms with E-state index in [1.165, 1.54) is 0 Å². The molecule has 1 N–H and O–H groups in total. The van der Waals surface area contributed by atoms with Crippen molar-refractivity contribution in [2.24, 2.45) is 0 Å². The summed E-state index contributed by atoms with van der Waals surface area (Å²) in [5.41, 5.74) is 1.71. The van der Waals surface area contributed by atoms with Gasteiger partial charge in [0.2, 0.25) is 5.82 Å². The van der Waals surface area contributed by atoms with Crippen molar-refractivity contribution in [3.8, 4) is 34.4 Å². The standard InChI is InChI=1S/C20H23N3O5/c1-24-14-8-9-16(25-2)13(12-14)10-11-21-20-22-19(23-28-20)15-6-5-7-17(26-3)18(15)27-4/h5-9,12H,10-11H2,1-4H3,(H,21,22,23). The van der Waals surface area contributed by atoms with Crippen molar-refractivity contribution in [2.45, 2.75) is 6.42 Å². The summed E-state index contributed by atoms with van der Waals surface area (Å²) in [6, 6.07) is 11.5. The lowest BCUT2D eigenvalue weighted by Crippen LogP contribution is -2.06. The number of methoxy groups -OCH3 is 4. The molecule has 0 aliphatic heterocycles. The first-order valence-corrected chi connectivity index (χ1v) is 8.70. The number of nitrogens with zero attached hydrogens (tertiary/aromatic N) is 2. The molecule has 28 heavy (non-hydrogen) atoms. The molecule has 1 heterocycles. The van der Waals surface area contributed by atoms with Gasteiger partial charge in [-0.05, 0) is 42.3 Å². The predicted molar refractivity (Wildman–Crippen MR) is 105 cm³/mol. The smallest absolute Gasteiger partial charge is 0.321 e. The zero-order valence-corrected chi connectivity index (χ0v) is 16.3. The van der Waals surface area contributed by atoms with Crippen LogP contribution in [0.2, 0.25) is 0 Å². The van der Waals surface area contributed by atoms with Crippen molar-refractivity contribution < 1.29 is 23.5 Å². The normalized spacial score (nSPS) is 10.4. The number of benzene rings is 2. The minimum absolute atomic E-state index is 0.321. The minimum Gasteiger partial charge on any atom is -0.497 e. The third kappa shape index (κ3) is 4.11. The third-order valence-electron chi connectivity index (χ3n) is 4.23. The van der Waals surface area contributed by atoms with Gasteiger partial charge in [-0.3, -0.25) is 0 Å². The summed E-state index contributed by atoms with van der Waals surface area (Å²) in [6.07, 6.45) is 0.695. The van der Waals surface area contributed by atoms with E-state index in [0.717, 1.165) is 17.1 Å². The molecule has 0 saturated carbocycles. The quantitative estimate of drug-likeness (QED) is 0.599. The Morgan fingerprint density at radius 3 is 2.46 bits per heavy atom. The van der Waals surface area contributed by atoms with Gasteiger partial charge in [0, 0.05) is 6.54 Å². The molecule has 8 heteroatoms. The number of rotatable bonds is 9. The second-order valence-electron chi connectivity index (χ2n) is 5.82. The lowest BCUT2D eigenvalue weighted by Gasteiger charge is -2.10. The molecule has 0 bridgehead atoms. The maximum absolute atomic E-state index is 5.42. The highest BCUT2D eigenvalue weighted by Crippen LogP contribution is 2.36. The number of anilines is 1. The third-order valence-corrected chi connectivity index (χ3v) is 4.23. The van der Waals surface area contributed by atoms with E-state index in [1.807, 2.05) is 36.4 Å². The highest BCUT2D eigenvalue weighted by Gasteiger charge is 2.16. The number of para-hydroxylation sites is 1. The zero-order chi connectivity index (χ0) is 19.9. The summed E-state index contributed by atoms with van der Waals surface area (Å²) in [7, 11) is 6.43. The fourth-order valence-electron chi connectivity index (χ4n) is 2.85. The summed E-state index contributed by atoms with van der Waals surface area (Å²) in [5, 5.41) is 7.16. The van der Waals surface area contributed by atoms with Gasteiger partial charge in [-0.15, -0.1) is 0 Å². The summed E-state index contributed by atoms with van der Waals surface area (Å²) >= 11 is 0. The molecular weight excluding hydrogens is 362 g/mol. The molecule has 3 aromatic rings. The van der Waals surface area contributed by atoms with Crippen LogP contribution in [0.1, 0.15) is 5.56 Å². The van der Waals surface area contributed by atoms with Gasteiger partial charge in [-0.25, -0.2) is 0 Å². The van der Waals surface area contributed by atoms with Crippen LogP contribution in [0.4, 0.5) is 6.01 Å². The Balaban J connectivity index is 1.70. The Bertz CT molecular complexity index is 926. The molecule has 1 aromatic heterocycles. The van der Waals surface area contributed by atoms with Gasteiger partial charge in [0.15, 0.2) is 11.5 Å². The largest absolute Gasteiger partial charge is 0.497 e. The number of nitrogens with one attached hydrogen (secondary N) is 1. The summed E-state index contributed by atoms with van der Waals surface area (Å²) in [5.74, 6) is 3.15. The maximum atomic E-state index is 5.42. The molecule has 2 aromatic carbocycles. The molecule has 0 aliphatic carbocycles. The number of hydrogen-bond acceptors (Lipinski definition) is 8. The minimum atomic E-state index is 0.321. The van der Waals surface area contributed by atoms with Crippen LogP contribution in [0, 0.1) is 0 Å². The Labute approximate surface area is 163 Å². The second kappa shape index (κ2) is 8.98. The van der Waals surface area contributed by atoms with Crippen LogP contribution in [0.15, 0.2) is 40.9 Å². The molecule has 0 radical (unpaired) electrons. The van der Waals surface area contributed by atoms with Crippen LogP contribution >= 0.6 is 0 Å². The number of hydrogen-bond donors (Lipinski definition) is 1. The highest BCUT2D eigenvalue weighted by atomic mass is 16.5. The van der Waals surface area contributed by atoms with Crippen molar-refractivity contribution in [1.29, 1.82) is 0 Å². The Hall–Kier alpha value is -3.42. The molecule has 0 unspecified atom stereocenters. The fraction of sp³-hybridized carbons (Fsp3) is 0.300. The Morgan fingerprint density at radius 2 is 1.75 bits per heavy atom. The highest BCUT2D eigenvalue weighted by molar-refractivity contribution is 5.68. The summed E-state index contributed by atoms with van der Waals surface area (Å²) in [4.78, 5) is 4.39. The monoisotopic (exact) mass is 385 g/mol. The van der Waals surface area contributed by atoms with E-state index in [4.69, 9.17) is 23.5 Å². The molecule has 0 amide bonds. The van der Waals surface area contributed by atoms with Crippen LogP contribution in [0.5, 0.6) is 23.0 Å². The molecule has 148 valence electrons. The lowest BCUT2D eigenvalue weighted by atomic mass is 10.1. The molecule has 0 aliphatic rings. The van der Waals surface area contributed by atoms with Gasteiger partial charge in [0.05, 0.1) is 34.0 Å².